The van der Waals surface area contributed by atoms with Gasteiger partial charge in [0.25, 0.3) is 0 Å². The van der Waals surface area contributed by atoms with Gasteiger partial charge in [-0.15, -0.1) is 0 Å². The third kappa shape index (κ3) is 3.34. The second-order valence-electron chi connectivity index (χ2n) is 4.33. The van der Waals surface area contributed by atoms with Crippen LogP contribution < -0.4 is 4.74 Å². The average Bonchev–Trinajstić information content (AvgIpc) is 2.42. The van der Waals surface area contributed by atoms with Gasteiger partial charge in [0.1, 0.15) is 11.5 Å². The summed E-state index contributed by atoms with van der Waals surface area (Å²) < 4.78 is 5.73. The number of nitrogens with zero attached hydrogens (tertiary/aromatic N) is 1. The van der Waals surface area contributed by atoms with Crippen molar-refractivity contribution in [1.29, 1.82) is 5.26 Å². The number of aliphatic hydroxyl groups excluding tert-OH is 1. The normalized spacial score (nSPS) is 9.95. The van der Waals surface area contributed by atoms with E-state index in [0.717, 1.165) is 28.2 Å². The van der Waals surface area contributed by atoms with E-state index >= 15 is 0 Å². The zero-order valence-corrected chi connectivity index (χ0v) is 10.8. The van der Waals surface area contributed by atoms with Gasteiger partial charge in [0.15, 0.2) is 0 Å². The van der Waals surface area contributed by atoms with Gasteiger partial charge in [0.05, 0.1) is 19.1 Å². The third-order valence-corrected chi connectivity index (χ3v) is 2.93. The van der Waals surface area contributed by atoms with Crippen LogP contribution in [0.25, 0.3) is 0 Å². The number of ether oxygens (including phenoxy) is 1. The number of rotatable bonds is 4. The Morgan fingerprint density at radius 2 is 1.79 bits per heavy atom. The van der Waals surface area contributed by atoms with Gasteiger partial charge in [0, 0.05) is 0 Å². The maximum atomic E-state index is 9.11. The van der Waals surface area contributed by atoms with Crippen molar-refractivity contribution in [1.82, 2.24) is 0 Å². The van der Waals surface area contributed by atoms with Crippen molar-refractivity contribution in [2.45, 2.75) is 20.0 Å². The van der Waals surface area contributed by atoms with Gasteiger partial charge in [-0.1, -0.05) is 18.2 Å². The maximum absolute atomic E-state index is 9.11. The Balaban J connectivity index is 2.12. The molecule has 0 spiro atoms. The molecule has 0 unspecified atom stereocenters. The Kier molecular flexibility index (Phi) is 4.17. The van der Waals surface area contributed by atoms with Crippen LogP contribution in [-0.2, 0) is 13.0 Å². The molecule has 0 atom stereocenters. The van der Waals surface area contributed by atoms with Crippen molar-refractivity contribution >= 4 is 0 Å². The largest absolute Gasteiger partial charge is 0.457 e. The van der Waals surface area contributed by atoms with Crippen LogP contribution in [0.3, 0.4) is 0 Å². The minimum absolute atomic E-state index is 0.0367. The van der Waals surface area contributed by atoms with Crippen LogP contribution in [0.2, 0.25) is 0 Å². The summed E-state index contributed by atoms with van der Waals surface area (Å²) in [5, 5.41) is 17.7. The number of nitriles is 1. The fraction of sp³-hybridized carbons (Fsp3) is 0.188. The molecule has 0 amide bonds. The fourth-order valence-corrected chi connectivity index (χ4v) is 1.81. The van der Waals surface area contributed by atoms with E-state index in [9.17, 15) is 0 Å². The van der Waals surface area contributed by atoms with Gasteiger partial charge in [-0.05, 0) is 47.9 Å². The van der Waals surface area contributed by atoms with Crippen molar-refractivity contribution < 1.29 is 9.84 Å². The third-order valence-electron chi connectivity index (χ3n) is 2.93. The molecule has 0 radical (unpaired) electrons. The van der Waals surface area contributed by atoms with E-state index in [1.165, 1.54) is 0 Å². The van der Waals surface area contributed by atoms with E-state index in [0.29, 0.717) is 6.42 Å². The molecular formula is C16H15NO2. The summed E-state index contributed by atoms with van der Waals surface area (Å²) in [7, 11) is 0. The van der Waals surface area contributed by atoms with Gasteiger partial charge in [0.2, 0.25) is 0 Å². The first-order valence-corrected chi connectivity index (χ1v) is 6.07. The van der Waals surface area contributed by atoms with Crippen LogP contribution in [-0.4, -0.2) is 5.11 Å². The van der Waals surface area contributed by atoms with Crippen molar-refractivity contribution in [3.8, 4) is 17.6 Å². The highest BCUT2D eigenvalue weighted by Gasteiger charge is 2.01. The molecule has 96 valence electrons. The second-order valence-corrected chi connectivity index (χ2v) is 4.33. The Labute approximate surface area is 112 Å². The zero-order chi connectivity index (χ0) is 13.7. The first-order chi connectivity index (χ1) is 9.22. The van der Waals surface area contributed by atoms with Crippen LogP contribution in [0.4, 0.5) is 0 Å². The summed E-state index contributed by atoms with van der Waals surface area (Å²) in [6.07, 6.45) is 0.407. The monoisotopic (exact) mass is 253 g/mol. The summed E-state index contributed by atoms with van der Waals surface area (Å²) in [6, 6.07) is 15.2. The highest BCUT2D eigenvalue weighted by molar-refractivity contribution is 5.38. The van der Waals surface area contributed by atoms with E-state index in [4.69, 9.17) is 15.1 Å². The van der Waals surface area contributed by atoms with Gasteiger partial charge in [-0.25, -0.2) is 0 Å². The molecule has 0 aliphatic carbocycles. The molecule has 0 saturated carbocycles. The molecule has 2 aromatic carbocycles. The van der Waals surface area contributed by atoms with E-state index in [1.54, 1.807) is 0 Å². The molecule has 0 aliphatic rings. The average molecular weight is 253 g/mol. The molecule has 3 heteroatoms. The Morgan fingerprint density at radius 1 is 1.11 bits per heavy atom. The highest BCUT2D eigenvalue weighted by atomic mass is 16.5. The van der Waals surface area contributed by atoms with Crippen LogP contribution in [0.1, 0.15) is 16.7 Å². The van der Waals surface area contributed by atoms with Gasteiger partial charge >= 0.3 is 0 Å². The van der Waals surface area contributed by atoms with Gasteiger partial charge < -0.3 is 9.84 Å². The van der Waals surface area contributed by atoms with E-state index in [1.807, 2.05) is 49.4 Å². The lowest BCUT2D eigenvalue weighted by atomic mass is 10.1. The minimum atomic E-state index is 0.0367. The van der Waals surface area contributed by atoms with Crippen molar-refractivity contribution in [3.63, 3.8) is 0 Å². The number of hydrogen-bond donors (Lipinski definition) is 1. The molecule has 1 N–H and O–H groups in total. The van der Waals surface area contributed by atoms with E-state index < -0.39 is 0 Å². The van der Waals surface area contributed by atoms with Crippen molar-refractivity contribution in [2.24, 2.45) is 0 Å². The molecular weight excluding hydrogens is 238 g/mol. The van der Waals surface area contributed by atoms with Crippen LogP contribution in [0.5, 0.6) is 11.5 Å². The molecule has 0 aromatic heterocycles. The Hall–Kier alpha value is -2.31. The van der Waals surface area contributed by atoms with Crippen molar-refractivity contribution in [2.75, 3.05) is 0 Å². The quantitative estimate of drug-likeness (QED) is 0.909. The predicted molar refractivity (Wildman–Crippen MR) is 72.9 cm³/mol. The van der Waals surface area contributed by atoms with Crippen molar-refractivity contribution in [3.05, 3.63) is 59.2 Å². The van der Waals surface area contributed by atoms with Crippen LogP contribution in [0.15, 0.2) is 42.5 Å². The second kappa shape index (κ2) is 6.03. The summed E-state index contributed by atoms with van der Waals surface area (Å²) in [5.74, 6) is 1.47. The SMILES string of the molecule is Cc1cc(Oc2ccc(CC#N)cc2)ccc1CO. The van der Waals surface area contributed by atoms with Gasteiger partial charge in [-0.3, -0.25) is 0 Å². The summed E-state index contributed by atoms with van der Waals surface area (Å²) in [4.78, 5) is 0. The Bertz CT molecular complexity index is 597. The smallest absolute Gasteiger partial charge is 0.127 e. The number of benzene rings is 2. The standard InChI is InChI=1S/C16H15NO2/c1-12-10-16(7-4-14(12)11-18)19-15-5-2-13(3-6-15)8-9-17/h2-7,10,18H,8,11H2,1H3. The lowest BCUT2D eigenvalue weighted by Gasteiger charge is -2.09. The molecule has 0 aliphatic heterocycles. The Morgan fingerprint density at radius 3 is 2.37 bits per heavy atom. The zero-order valence-electron chi connectivity index (χ0n) is 10.8. The molecule has 2 rings (SSSR count). The maximum Gasteiger partial charge on any atom is 0.127 e. The summed E-state index contributed by atoms with van der Waals surface area (Å²) in [5.41, 5.74) is 2.87. The van der Waals surface area contributed by atoms with Crippen LogP contribution >= 0.6 is 0 Å². The fourth-order valence-electron chi connectivity index (χ4n) is 1.81. The molecule has 0 saturated heterocycles. The number of aliphatic hydroxyl groups is 1. The summed E-state index contributed by atoms with van der Waals surface area (Å²) in [6.45, 7) is 1.98. The van der Waals surface area contributed by atoms with Crippen LogP contribution in [0, 0.1) is 18.3 Å². The molecule has 3 nitrogen and oxygen atoms in total. The number of hydrogen-bond acceptors (Lipinski definition) is 3. The van der Waals surface area contributed by atoms with Gasteiger partial charge in [-0.2, -0.15) is 5.26 Å². The minimum Gasteiger partial charge on any atom is -0.457 e. The highest BCUT2D eigenvalue weighted by Crippen LogP contribution is 2.24. The first-order valence-electron chi connectivity index (χ1n) is 6.07. The molecule has 0 heterocycles. The lowest BCUT2D eigenvalue weighted by molar-refractivity contribution is 0.281. The molecule has 0 fully saturated rings. The first kappa shape index (κ1) is 13.1. The lowest BCUT2D eigenvalue weighted by Crippen LogP contribution is -1.91. The molecule has 19 heavy (non-hydrogen) atoms. The predicted octanol–water partition coefficient (Wildman–Crippen LogP) is 3.35. The summed E-state index contributed by atoms with van der Waals surface area (Å²) >= 11 is 0. The topological polar surface area (TPSA) is 53.2 Å². The molecule has 2 aromatic rings. The number of aryl methyl sites for hydroxylation is 1. The van der Waals surface area contributed by atoms with E-state index in [-0.39, 0.29) is 6.61 Å². The van der Waals surface area contributed by atoms with E-state index in [2.05, 4.69) is 6.07 Å². The molecule has 0 bridgehead atoms.